The van der Waals surface area contributed by atoms with Crippen molar-refractivity contribution in [1.82, 2.24) is 0 Å². The lowest BCUT2D eigenvalue weighted by Gasteiger charge is -2.11. The van der Waals surface area contributed by atoms with Crippen LogP contribution in [0.1, 0.15) is 26.3 Å². The van der Waals surface area contributed by atoms with Crippen molar-refractivity contribution in [2.45, 2.75) is 20.8 Å². The molecule has 0 aliphatic carbocycles. The van der Waals surface area contributed by atoms with Gasteiger partial charge in [-0.15, -0.1) is 0 Å². The summed E-state index contributed by atoms with van der Waals surface area (Å²) in [7, 11) is 0. The Labute approximate surface area is 176 Å². The number of hydrogen-bond donors (Lipinski definition) is 1. The first-order valence-electron chi connectivity index (χ1n) is 9.83. The number of hydrogen-bond acceptors (Lipinski definition) is 6. The molecule has 0 spiro atoms. The quantitative estimate of drug-likeness (QED) is 0.442. The van der Waals surface area contributed by atoms with E-state index in [1.165, 1.54) is 6.08 Å². The van der Waals surface area contributed by atoms with Crippen LogP contribution in [0.3, 0.4) is 0 Å². The van der Waals surface area contributed by atoms with Crippen molar-refractivity contribution in [3.05, 3.63) is 54.1 Å². The molecule has 0 aliphatic rings. The molecule has 0 heterocycles. The maximum atomic E-state index is 12.1. The maximum absolute atomic E-state index is 12.1. The van der Waals surface area contributed by atoms with Crippen molar-refractivity contribution in [3.8, 4) is 17.2 Å². The van der Waals surface area contributed by atoms with Crippen LogP contribution in [0.15, 0.2) is 48.5 Å². The monoisotopic (exact) mass is 413 g/mol. The lowest BCUT2D eigenvalue weighted by atomic mass is 10.2. The molecule has 0 bridgehead atoms. The number of rotatable bonds is 11. The topological polar surface area (TPSA) is 83.1 Å². The first-order chi connectivity index (χ1) is 14.6. The maximum Gasteiger partial charge on any atom is 0.331 e. The fourth-order valence-electron chi connectivity index (χ4n) is 2.56. The zero-order valence-electron chi connectivity index (χ0n) is 17.5. The van der Waals surface area contributed by atoms with Crippen LogP contribution in [0.2, 0.25) is 0 Å². The molecule has 0 aromatic heterocycles. The molecule has 0 radical (unpaired) electrons. The van der Waals surface area contributed by atoms with Crippen LogP contribution in [0.25, 0.3) is 6.08 Å². The van der Waals surface area contributed by atoms with E-state index in [1.54, 1.807) is 42.5 Å². The van der Waals surface area contributed by atoms with Gasteiger partial charge in [0.05, 0.1) is 25.5 Å². The summed E-state index contributed by atoms with van der Waals surface area (Å²) < 4.78 is 21.5. The van der Waals surface area contributed by atoms with Gasteiger partial charge in [-0.1, -0.05) is 18.2 Å². The summed E-state index contributed by atoms with van der Waals surface area (Å²) in [6, 6.07) is 12.4. The molecule has 0 unspecified atom stereocenters. The van der Waals surface area contributed by atoms with E-state index in [1.807, 2.05) is 26.8 Å². The predicted molar refractivity (Wildman–Crippen MR) is 115 cm³/mol. The van der Waals surface area contributed by atoms with Gasteiger partial charge in [-0.2, -0.15) is 0 Å². The lowest BCUT2D eigenvalue weighted by Crippen LogP contribution is -2.20. The molecule has 7 heteroatoms. The Balaban J connectivity index is 1.90. The highest BCUT2D eigenvalue weighted by Crippen LogP contribution is 2.29. The van der Waals surface area contributed by atoms with Gasteiger partial charge in [0, 0.05) is 6.08 Å². The highest BCUT2D eigenvalue weighted by atomic mass is 16.5. The van der Waals surface area contributed by atoms with Gasteiger partial charge in [0.2, 0.25) is 0 Å². The number of esters is 1. The minimum atomic E-state index is -0.630. The van der Waals surface area contributed by atoms with Crippen LogP contribution in [0.4, 0.5) is 5.69 Å². The molecule has 2 aromatic carbocycles. The van der Waals surface area contributed by atoms with Gasteiger partial charge in [0.25, 0.3) is 5.91 Å². The number of benzene rings is 2. The molecule has 2 rings (SSSR count). The first kappa shape index (κ1) is 22.8. The minimum absolute atomic E-state index is 0.406. The third-order valence-electron chi connectivity index (χ3n) is 3.79. The zero-order chi connectivity index (χ0) is 21.8. The van der Waals surface area contributed by atoms with Crippen molar-refractivity contribution in [2.24, 2.45) is 0 Å². The number of carbonyl (C=O) groups excluding carboxylic acids is 2. The summed E-state index contributed by atoms with van der Waals surface area (Å²) in [5, 5.41) is 2.67. The molecule has 1 amide bonds. The van der Waals surface area contributed by atoms with E-state index >= 15 is 0 Å². The number of carbonyl (C=O) groups is 2. The molecule has 2 aromatic rings. The van der Waals surface area contributed by atoms with Crippen LogP contribution in [-0.2, 0) is 14.3 Å². The van der Waals surface area contributed by atoms with Crippen LogP contribution in [0, 0.1) is 0 Å². The van der Waals surface area contributed by atoms with Crippen molar-refractivity contribution >= 4 is 23.6 Å². The molecule has 1 N–H and O–H groups in total. The number of amides is 1. The summed E-state index contributed by atoms with van der Waals surface area (Å²) >= 11 is 0. The molecule has 160 valence electrons. The average molecular weight is 413 g/mol. The molecule has 30 heavy (non-hydrogen) atoms. The molecule has 0 fully saturated rings. The van der Waals surface area contributed by atoms with Gasteiger partial charge in [0.15, 0.2) is 18.1 Å². The molecule has 0 saturated heterocycles. The van der Waals surface area contributed by atoms with Gasteiger partial charge in [-0.3, -0.25) is 4.79 Å². The third kappa shape index (κ3) is 7.16. The number of anilines is 1. The van der Waals surface area contributed by atoms with Crippen LogP contribution >= 0.6 is 0 Å². The molecule has 7 nitrogen and oxygen atoms in total. The largest absolute Gasteiger partial charge is 0.492 e. The van der Waals surface area contributed by atoms with Gasteiger partial charge in [-0.05, 0) is 56.7 Å². The van der Waals surface area contributed by atoms with E-state index in [0.29, 0.717) is 42.8 Å². The van der Waals surface area contributed by atoms with Gasteiger partial charge in [0.1, 0.15) is 5.75 Å². The van der Waals surface area contributed by atoms with E-state index in [-0.39, 0.29) is 0 Å². The van der Waals surface area contributed by atoms with Crippen LogP contribution in [-0.4, -0.2) is 38.3 Å². The van der Waals surface area contributed by atoms with Crippen LogP contribution in [0.5, 0.6) is 17.2 Å². The minimum Gasteiger partial charge on any atom is -0.492 e. The second-order valence-electron chi connectivity index (χ2n) is 5.99. The normalized spacial score (nSPS) is 10.5. The Bertz CT molecular complexity index is 878. The van der Waals surface area contributed by atoms with E-state index < -0.39 is 18.5 Å². The lowest BCUT2D eigenvalue weighted by molar-refractivity contribution is -0.142. The average Bonchev–Trinajstić information content (AvgIpc) is 2.74. The third-order valence-corrected chi connectivity index (χ3v) is 3.79. The summed E-state index contributed by atoms with van der Waals surface area (Å²) in [6.45, 7) is 6.73. The molecule has 0 saturated carbocycles. The fraction of sp³-hybridized carbons (Fsp3) is 0.304. The zero-order valence-corrected chi connectivity index (χ0v) is 17.5. The first-order valence-corrected chi connectivity index (χ1v) is 9.83. The molecular formula is C23H27NO6. The summed E-state index contributed by atoms with van der Waals surface area (Å²) in [6.07, 6.45) is 2.84. The van der Waals surface area contributed by atoms with E-state index in [9.17, 15) is 9.59 Å². The van der Waals surface area contributed by atoms with E-state index in [0.717, 1.165) is 5.56 Å². The Morgan fingerprint density at radius 3 is 2.27 bits per heavy atom. The fourth-order valence-corrected chi connectivity index (χ4v) is 2.56. The second kappa shape index (κ2) is 12.2. The smallest absolute Gasteiger partial charge is 0.331 e. The molecular weight excluding hydrogens is 386 g/mol. The summed E-state index contributed by atoms with van der Waals surface area (Å²) in [5.41, 5.74) is 1.27. The number of ether oxygens (including phenoxy) is 4. The Kier molecular flexibility index (Phi) is 9.24. The number of para-hydroxylation sites is 2. The van der Waals surface area contributed by atoms with E-state index in [2.05, 4.69) is 5.32 Å². The van der Waals surface area contributed by atoms with Gasteiger partial charge >= 0.3 is 5.97 Å². The Hall–Kier alpha value is -3.48. The van der Waals surface area contributed by atoms with Crippen molar-refractivity contribution in [2.75, 3.05) is 31.7 Å². The Morgan fingerprint density at radius 2 is 1.53 bits per heavy atom. The van der Waals surface area contributed by atoms with Crippen molar-refractivity contribution in [3.63, 3.8) is 0 Å². The second-order valence-corrected chi connectivity index (χ2v) is 5.99. The van der Waals surface area contributed by atoms with Gasteiger partial charge in [-0.25, -0.2) is 4.79 Å². The predicted octanol–water partition coefficient (Wildman–Crippen LogP) is 4.08. The molecule has 0 atom stereocenters. The van der Waals surface area contributed by atoms with Crippen LogP contribution < -0.4 is 19.5 Å². The van der Waals surface area contributed by atoms with E-state index in [4.69, 9.17) is 18.9 Å². The SMILES string of the molecule is CCOc1ccccc1NC(=O)COC(=O)/C=C/c1ccc(OCC)c(OCC)c1. The Morgan fingerprint density at radius 1 is 0.867 bits per heavy atom. The highest BCUT2D eigenvalue weighted by molar-refractivity contribution is 5.95. The standard InChI is InChI=1S/C23H27NO6/c1-4-27-19-10-8-7-9-18(19)24-22(25)16-30-23(26)14-12-17-11-13-20(28-5-2)21(15-17)29-6-3/h7-15H,4-6,16H2,1-3H3,(H,24,25)/b14-12+. The van der Waals surface area contributed by atoms with Gasteiger partial charge < -0.3 is 24.3 Å². The molecule has 0 aliphatic heterocycles. The summed E-state index contributed by atoms with van der Waals surface area (Å²) in [4.78, 5) is 24.0. The highest BCUT2D eigenvalue weighted by Gasteiger charge is 2.10. The van der Waals surface area contributed by atoms with Crippen molar-refractivity contribution in [1.29, 1.82) is 0 Å². The van der Waals surface area contributed by atoms with Crippen molar-refractivity contribution < 1.29 is 28.5 Å². The number of nitrogens with one attached hydrogen (secondary N) is 1. The summed E-state index contributed by atoms with van der Waals surface area (Å²) in [5.74, 6) is 0.712.